The molecule has 0 spiro atoms. The number of benzene rings is 1. The smallest absolute Gasteiger partial charge is 0.170 e. The summed E-state index contributed by atoms with van der Waals surface area (Å²) in [6.07, 6.45) is 4.86. The highest BCUT2D eigenvalue weighted by atomic mass is 32.1. The van der Waals surface area contributed by atoms with Gasteiger partial charge in [-0.25, -0.2) is 0 Å². The van der Waals surface area contributed by atoms with Crippen molar-refractivity contribution in [2.75, 3.05) is 19.5 Å². The molecule has 0 saturated heterocycles. The molecule has 134 valence electrons. The second kappa shape index (κ2) is 8.06. The number of anilines is 1. The third-order valence-electron chi connectivity index (χ3n) is 4.90. The van der Waals surface area contributed by atoms with Crippen LogP contribution < -0.4 is 20.1 Å². The normalized spacial score (nSPS) is 21.0. The fourth-order valence-corrected chi connectivity index (χ4v) is 3.62. The molecule has 1 aliphatic carbocycles. The van der Waals surface area contributed by atoms with Crippen molar-refractivity contribution < 1.29 is 9.47 Å². The topological polar surface area (TPSA) is 42.5 Å². The first-order valence-corrected chi connectivity index (χ1v) is 9.03. The molecule has 0 amide bonds. The van der Waals surface area contributed by atoms with Gasteiger partial charge in [0.05, 0.1) is 14.2 Å². The lowest BCUT2D eigenvalue weighted by molar-refractivity contribution is 0.166. The molecule has 5 heteroatoms. The van der Waals surface area contributed by atoms with Crippen LogP contribution >= 0.6 is 12.2 Å². The summed E-state index contributed by atoms with van der Waals surface area (Å²) in [5, 5.41) is 7.35. The SMILES string of the molecule is COc1cc(NC(=S)NC2CCC(C(C)(C)C)CC2)cc(OC)c1. The molecular formula is C19H30N2O2S. The lowest BCUT2D eigenvalue weighted by Crippen LogP contribution is -2.41. The van der Waals surface area contributed by atoms with Crippen molar-refractivity contribution >= 4 is 23.0 Å². The zero-order valence-corrected chi connectivity index (χ0v) is 16.3. The second-order valence-electron chi connectivity index (χ2n) is 7.61. The Morgan fingerprint density at radius 1 is 1.00 bits per heavy atom. The molecule has 1 aromatic carbocycles. The predicted molar refractivity (Wildman–Crippen MR) is 104 cm³/mol. The summed E-state index contributed by atoms with van der Waals surface area (Å²) in [6, 6.07) is 6.12. The lowest BCUT2D eigenvalue weighted by Gasteiger charge is -2.37. The minimum Gasteiger partial charge on any atom is -0.497 e. The summed E-state index contributed by atoms with van der Waals surface area (Å²) in [5.41, 5.74) is 1.27. The maximum atomic E-state index is 5.47. The van der Waals surface area contributed by atoms with Crippen LogP contribution in [0.5, 0.6) is 11.5 Å². The van der Waals surface area contributed by atoms with Gasteiger partial charge in [-0.3, -0.25) is 0 Å². The van der Waals surface area contributed by atoms with Gasteiger partial charge in [-0.1, -0.05) is 20.8 Å². The fraction of sp³-hybridized carbons (Fsp3) is 0.632. The molecule has 0 radical (unpaired) electrons. The van der Waals surface area contributed by atoms with Gasteiger partial charge in [0.1, 0.15) is 11.5 Å². The molecule has 2 N–H and O–H groups in total. The van der Waals surface area contributed by atoms with E-state index in [2.05, 4.69) is 31.4 Å². The zero-order chi connectivity index (χ0) is 17.7. The maximum Gasteiger partial charge on any atom is 0.170 e. The Labute approximate surface area is 151 Å². The van der Waals surface area contributed by atoms with Crippen LogP contribution in [-0.2, 0) is 0 Å². The zero-order valence-electron chi connectivity index (χ0n) is 15.4. The third-order valence-corrected chi connectivity index (χ3v) is 5.12. The largest absolute Gasteiger partial charge is 0.497 e. The van der Waals surface area contributed by atoms with Gasteiger partial charge in [0, 0.05) is 29.9 Å². The first-order chi connectivity index (χ1) is 11.3. The summed E-state index contributed by atoms with van der Waals surface area (Å²) < 4.78 is 10.6. The van der Waals surface area contributed by atoms with E-state index in [0.717, 1.165) is 23.1 Å². The Balaban J connectivity index is 1.88. The summed E-state index contributed by atoms with van der Waals surface area (Å²) in [4.78, 5) is 0. The van der Waals surface area contributed by atoms with Gasteiger partial charge in [0.15, 0.2) is 5.11 Å². The van der Waals surface area contributed by atoms with Crippen LogP contribution in [-0.4, -0.2) is 25.4 Å². The molecule has 4 nitrogen and oxygen atoms in total. The quantitative estimate of drug-likeness (QED) is 0.777. The molecule has 1 saturated carbocycles. The number of rotatable bonds is 4. The number of thiocarbonyl (C=S) groups is 1. The highest BCUT2D eigenvalue weighted by molar-refractivity contribution is 7.80. The van der Waals surface area contributed by atoms with E-state index in [4.69, 9.17) is 21.7 Å². The van der Waals surface area contributed by atoms with Gasteiger partial charge in [0.25, 0.3) is 0 Å². The minimum absolute atomic E-state index is 0.404. The lowest BCUT2D eigenvalue weighted by atomic mass is 9.71. The van der Waals surface area contributed by atoms with Crippen LogP contribution in [0.25, 0.3) is 0 Å². The molecule has 24 heavy (non-hydrogen) atoms. The summed E-state index contributed by atoms with van der Waals surface area (Å²) in [5.74, 6) is 2.29. The van der Waals surface area contributed by atoms with Crippen LogP contribution in [0.15, 0.2) is 18.2 Å². The molecular weight excluding hydrogens is 320 g/mol. The summed E-state index contributed by atoms with van der Waals surface area (Å²) in [6.45, 7) is 7.02. The van der Waals surface area contributed by atoms with Crippen molar-refractivity contribution in [2.45, 2.75) is 52.5 Å². The Hall–Kier alpha value is -1.49. The van der Waals surface area contributed by atoms with Crippen LogP contribution in [0.3, 0.4) is 0 Å². The maximum absolute atomic E-state index is 5.47. The van der Waals surface area contributed by atoms with Crippen molar-refractivity contribution in [2.24, 2.45) is 11.3 Å². The molecule has 1 aliphatic rings. The number of hydrogen-bond donors (Lipinski definition) is 2. The molecule has 1 aromatic rings. The molecule has 1 fully saturated rings. The molecule has 0 bridgehead atoms. The highest BCUT2D eigenvalue weighted by Crippen LogP contribution is 2.37. The van der Waals surface area contributed by atoms with Crippen LogP contribution in [0.2, 0.25) is 0 Å². The Kier molecular flexibility index (Phi) is 6.33. The van der Waals surface area contributed by atoms with Gasteiger partial charge in [-0.05, 0) is 49.2 Å². The van der Waals surface area contributed by atoms with Crippen LogP contribution in [0.4, 0.5) is 5.69 Å². The monoisotopic (exact) mass is 350 g/mol. The van der Waals surface area contributed by atoms with E-state index in [0.29, 0.717) is 16.6 Å². The van der Waals surface area contributed by atoms with Crippen molar-refractivity contribution in [3.8, 4) is 11.5 Å². The number of nitrogens with one attached hydrogen (secondary N) is 2. The van der Waals surface area contributed by atoms with Crippen molar-refractivity contribution in [1.29, 1.82) is 0 Å². The highest BCUT2D eigenvalue weighted by Gasteiger charge is 2.29. The molecule has 0 atom stereocenters. The Morgan fingerprint density at radius 3 is 2.00 bits per heavy atom. The molecule has 2 rings (SSSR count). The number of hydrogen-bond acceptors (Lipinski definition) is 3. The molecule has 0 aromatic heterocycles. The van der Waals surface area contributed by atoms with Crippen LogP contribution in [0.1, 0.15) is 46.5 Å². The van der Waals surface area contributed by atoms with Gasteiger partial charge in [-0.2, -0.15) is 0 Å². The first kappa shape index (κ1) is 18.8. The van der Waals surface area contributed by atoms with E-state index in [1.54, 1.807) is 14.2 Å². The van der Waals surface area contributed by atoms with Crippen molar-refractivity contribution in [1.82, 2.24) is 5.32 Å². The van der Waals surface area contributed by atoms with E-state index in [1.807, 2.05) is 18.2 Å². The van der Waals surface area contributed by atoms with E-state index < -0.39 is 0 Å². The first-order valence-electron chi connectivity index (χ1n) is 8.62. The van der Waals surface area contributed by atoms with Gasteiger partial charge in [0.2, 0.25) is 0 Å². The van der Waals surface area contributed by atoms with Gasteiger partial charge in [-0.15, -0.1) is 0 Å². The summed E-state index contributed by atoms with van der Waals surface area (Å²) in [7, 11) is 3.28. The second-order valence-corrected chi connectivity index (χ2v) is 8.02. The van der Waals surface area contributed by atoms with Crippen molar-refractivity contribution in [3.05, 3.63) is 18.2 Å². The van der Waals surface area contributed by atoms with Gasteiger partial charge >= 0.3 is 0 Å². The molecule has 0 unspecified atom stereocenters. The number of ether oxygens (including phenoxy) is 2. The van der Waals surface area contributed by atoms with E-state index in [9.17, 15) is 0 Å². The predicted octanol–water partition coefficient (Wildman–Crippen LogP) is 4.60. The van der Waals surface area contributed by atoms with E-state index >= 15 is 0 Å². The number of methoxy groups -OCH3 is 2. The van der Waals surface area contributed by atoms with Crippen LogP contribution in [0, 0.1) is 11.3 Å². The Morgan fingerprint density at radius 2 is 1.54 bits per heavy atom. The van der Waals surface area contributed by atoms with Gasteiger partial charge < -0.3 is 20.1 Å². The van der Waals surface area contributed by atoms with E-state index in [-0.39, 0.29) is 0 Å². The minimum atomic E-state index is 0.404. The molecule has 0 heterocycles. The standard InChI is InChI=1S/C19H30N2O2S/c1-19(2,3)13-6-8-14(9-7-13)20-18(24)21-15-10-16(22-4)12-17(11-15)23-5/h10-14H,6-9H2,1-5H3,(H2,20,21,24). The van der Waals surface area contributed by atoms with E-state index in [1.165, 1.54) is 25.7 Å². The summed E-state index contributed by atoms with van der Waals surface area (Å²) >= 11 is 5.47. The third kappa shape index (κ3) is 5.26. The fourth-order valence-electron chi connectivity index (χ4n) is 3.34. The average Bonchev–Trinajstić information content (AvgIpc) is 2.53. The average molecular weight is 351 g/mol. The van der Waals surface area contributed by atoms with Crippen molar-refractivity contribution in [3.63, 3.8) is 0 Å². The molecule has 0 aliphatic heterocycles. The Bertz CT molecular complexity index is 539.